The van der Waals surface area contributed by atoms with Gasteiger partial charge in [0, 0.05) is 26.2 Å². The largest absolute Gasteiger partial charge is 0.337 e. The number of nitrogens with one attached hydrogen (secondary N) is 2. The average molecular weight is 227 g/mol. The molecule has 0 bridgehead atoms. The van der Waals surface area contributed by atoms with E-state index in [1.807, 2.05) is 4.90 Å². The molecule has 16 heavy (non-hydrogen) atoms. The van der Waals surface area contributed by atoms with Crippen LogP contribution in [-0.4, -0.2) is 43.7 Å². The highest BCUT2D eigenvalue weighted by atomic mass is 16.2. The van der Waals surface area contributed by atoms with Crippen molar-refractivity contribution >= 4 is 6.03 Å². The Kier molecular flexibility index (Phi) is 6.23. The molecule has 0 aromatic rings. The Morgan fingerprint density at radius 2 is 1.94 bits per heavy atom. The maximum Gasteiger partial charge on any atom is 0.317 e. The zero-order valence-electron chi connectivity index (χ0n) is 10.6. The van der Waals surface area contributed by atoms with Gasteiger partial charge in [-0.1, -0.05) is 13.8 Å². The van der Waals surface area contributed by atoms with Crippen LogP contribution in [0.1, 0.15) is 33.1 Å². The highest BCUT2D eigenvalue weighted by Crippen LogP contribution is 2.15. The summed E-state index contributed by atoms with van der Waals surface area (Å²) < 4.78 is 0. The van der Waals surface area contributed by atoms with Crippen LogP contribution in [0.5, 0.6) is 0 Å². The van der Waals surface area contributed by atoms with Crippen LogP contribution in [0.25, 0.3) is 0 Å². The van der Waals surface area contributed by atoms with Gasteiger partial charge in [-0.25, -0.2) is 4.79 Å². The maximum atomic E-state index is 11.7. The van der Waals surface area contributed by atoms with Crippen LogP contribution in [0, 0.1) is 5.92 Å². The lowest BCUT2D eigenvalue weighted by molar-refractivity contribution is 0.174. The molecule has 1 aliphatic rings. The summed E-state index contributed by atoms with van der Waals surface area (Å²) in [5, 5.41) is 6.22. The van der Waals surface area contributed by atoms with Crippen molar-refractivity contribution in [2.75, 3.05) is 32.7 Å². The number of urea groups is 1. The molecule has 0 radical (unpaired) electrons. The smallest absolute Gasteiger partial charge is 0.317 e. The van der Waals surface area contributed by atoms with Crippen LogP contribution in [0.2, 0.25) is 0 Å². The van der Waals surface area contributed by atoms with E-state index in [4.69, 9.17) is 0 Å². The lowest BCUT2D eigenvalue weighted by Gasteiger charge is -2.30. The second-order valence-corrected chi connectivity index (χ2v) is 4.65. The molecule has 4 heteroatoms. The summed E-state index contributed by atoms with van der Waals surface area (Å²) in [6, 6.07) is 0.102. The molecule has 0 spiro atoms. The molecule has 1 aliphatic heterocycles. The third kappa shape index (κ3) is 4.84. The molecule has 0 aromatic heterocycles. The van der Waals surface area contributed by atoms with Gasteiger partial charge in [0.25, 0.3) is 0 Å². The molecule has 2 amide bonds. The number of carbonyl (C=O) groups excluding carboxylic acids is 1. The number of amides is 2. The highest BCUT2D eigenvalue weighted by molar-refractivity contribution is 5.74. The van der Waals surface area contributed by atoms with Crippen LogP contribution in [0.4, 0.5) is 4.79 Å². The van der Waals surface area contributed by atoms with E-state index in [1.54, 1.807) is 0 Å². The predicted molar refractivity (Wildman–Crippen MR) is 66.5 cm³/mol. The Morgan fingerprint density at radius 1 is 1.25 bits per heavy atom. The topological polar surface area (TPSA) is 44.4 Å². The minimum atomic E-state index is 0.102. The number of hydrogen-bond acceptors (Lipinski definition) is 2. The monoisotopic (exact) mass is 227 g/mol. The fourth-order valence-electron chi connectivity index (χ4n) is 1.88. The van der Waals surface area contributed by atoms with E-state index in [0.29, 0.717) is 0 Å². The van der Waals surface area contributed by atoms with Gasteiger partial charge < -0.3 is 15.5 Å². The first-order valence-electron chi connectivity index (χ1n) is 6.47. The SMILES string of the molecule is CCCNCCNC(=O)N1CCC(C)CC1. The normalized spacial score (nSPS) is 17.5. The summed E-state index contributed by atoms with van der Waals surface area (Å²) in [6.07, 6.45) is 3.42. The van der Waals surface area contributed by atoms with Crippen molar-refractivity contribution in [2.45, 2.75) is 33.1 Å². The van der Waals surface area contributed by atoms with Crippen LogP contribution < -0.4 is 10.6 Å². The van der Waals surface area contributed by atoms with E-state index in [0.717, 1.165) is 57.9 Å². The molecule has 2 N–H and O–H groups in total. The molecular weight excluding hydrogens is 202 g/mol. The number of carbonyl (C=O) groups is 1. The molecule has 4 nitrogen and oxygen atoms in total. The molecule has 0 unspecified atom stereocenters. The van der Waals surface area contributed by atoms with Gasteiger partial charge in [-0.2, -0.15) is 0 Å². The Balaban J connectivity index is 2.06. The number of piperidine rings is 1. The van der Waals surface area contributed by atoms with E-state index in [-0.39, 0.29) is 6.03 Å². The minimum absolute atomic E-state index is 0.102. The number of rotatable bonds is 5. The van der Waals surface area contributed by atoms with Crippen molar-refractivity contribution in [3.05, 3.63) is 0 Å². The summed E-state index contributed by atoms with van der Waals surface area (Å²) >= 11 is 0. The van der Waals surface area contributed by atoms with Crippen molar-refractivity contribution in [3.8, 4) is 0 Å². The van der Waals surface area contributed by atoms with Crippen LogP contribution >= 0.6 is 0 Å². The van der Waals surface area contributed by atoms with E-state index < -0.39 is 0 Å². The second kappa shape index (κ2) is 7.49. The summed E-state index contributed by atoms with van der Waals surface area (Å²) in [4.78, 5) is 13.7. The summed E-state index contributed by atoms with van der Waals surface area (Å²) in [7, 11) is 0. The van der Waals surface area contributed by atoms with Crippen molar-refractivity contribution in [3.63, 3.8) is 0 Å². The quantitative estimate of drug-likeness (QED) is 0.698. The molecule has 0 aromatic carbocycles. The first kappa shape index (κ1) is 13.3. The van der Waals surface area contributed by atoms with Gasteiger partial charge in [0.15, 0.2) is 0 Å². The number of nitrogens with zero attached hydrogens (tertiary/aromatic N) is 1. The lowest BCUT2D eigenvalue weighted by Crippen LogP contribution is -2.45. The zero-order valence-corrected chi connectivity index (χ0v) is 10.6. The molecule has 0 saturated carbocycles. The summed E-state index contributed by atoms with van der Waals surface area (Å²) in [6.45, 7) is 8.83. The van der Waals surface area contributed by atoms with Gasteiger partial charge in [-0.15, -0.1) is 0 Å². The van der Waals surface area contributed by atoms with Crippen molar-refractivity contribution in [1.29, 1.82) is 0 Å². The van der Waals surface area contributed by atoms with Gasteiger partial charge in [-0.05, 0) is 31.7 Å². The van der Waals surface area contributed by atoms with E-state index in [2.05, 4.69) is 24.5 Å². The van der Waals surface area contributed by atoms with E-state index >= 15 is 0 Å². The second-order valence-electron chi connectivity index (χ2n) is 4.65. The number of hydrogen-bond donors (Lipinski definition) is 2. The van der Waals surface area contributed by atoms with Gasteiger partial charge in [0.2, 0.25) is 0 Å². The van der Waals surface area contributed by atoms with Crippen LogP contribution in [0.15, 0.2) is 0 Å². The molecule has 0 atom stereocenters. The molecular formula is C12H25N3O. The predicted octanol–water partition coefficient (Wildman–Crippen LogP) is 1.43. The van der Waals surface area contributed by atoms with Crippen LogP contribution in [0.3, 0.4) is 0 Å². The minimum Gasteiger partial charge on any atom is -0.337 e. The van der Waals surface area contributed by atoms with E-state index in [1.165, 1.54) is 0 Å². The number of likely N-dealkylation sites (tertiary alicyclic amines) is 1. The third-order valence-electron chi connectivity index (χ3n) is 3.08. The Morgan fingerprint density at radius 3 is 2.56 bits per heavy atom. The first-order chi connectivity index (χ1) is 7.74. The van der Waals surface area contributed by atoms with E-state index in [9.17, 15) is 4.79 Å². The molecule has 1 saturated heterocycles. The Hall–Kier alpha value is -0.770. The molecule has 0 aliphatic carbocycles. The first-order valence-corrected chi connectivity index (χ1v) is 6.47. The average Bonchev–Trinajstić information content (AvgIpc) is 2.29. The van der Waals surface area contributed by atoms with Crippen molar-refractivity contribution in [1.82, 2.24) is 15.5 Å². The zero-order chi connectivity index (χ0) is 11.8. The molecule has 1 rings (SSSR count). The standard InChI is InChI=1S/C12H25N3O/c1-3-6-13-7-8-14-12(16)15-9-4-11(2)5-10-15/h11,13H,3-10H2,1-2H3,(H,14,16). The molecule has 94 valence electrons. The Labute approximate surface area is 98.8 Å². The van der Waals surface area contributed by atoms with Gasteiger partial charge in [0.05, 0.1) is 0 Å². The molecule has 1 heterocycles. The fraction of sp³-hybridized carbons (Fsp3) is 0.917. The highest BCUT2D eigenvalue weighted by Gasteiger charge is 2.19. The third-order valence-corrected chi connectivity index (χ3v) is 3.08. The van der Waals surface area contributed by atoms with Gasteiger partial charge in [-0.3, -0.25) is 0 Å². The fourth-order valence-corrected chi connectivity index (χ4v) is 1.88. The summed E-state index contributed by atoms with van der Waals surface area (Å²) in [5.74, 6) is 0.773. The lowest BCUT2D eigenvalue weighted by atomic mass is 10.00. The van der Waals surface area contributed by atoms with Gasteiger partial charge in [0.1, 0.15) is 0 Å². The maximum absolute atomic E-state index is 11.7. The van der Waals surface area contributed by atoms with Gasteiger partial charge >= 0.3 is 6.03 Å². The van der Waals surface area contributed by atoms with Crippen molar-refractivity contribution in [2.24, 2.45) is 5.92 Å². The summed E-state index contributed by atoms with van der Waals surface area (Å²) in [5.41, 5.74) is 0. The van der Waals surface area contributed by atoms with Crippen molar-refractivity contribution < 1.29 is 4.79 Å². The van der Waals surface area contributed by atoms with Crippen LogP contribution in [-0.2, 0) is 0 Å². The Bertz CT molecular complexity index is 200. The molecule has 1 fully saturated rings.